The molecule has 0 fully saturated rings. The van der Waals surface area contributed by atoms with E-state index < -0.39 is 0 Å². The fraction of sp³-hybridized carbons (Fsp3) is 1.00. The van der Waals surface area contributed by atoms with Crippen LogP contribution in [0.1, 0.15) is 20.8 Å². The van der Waals surface area contributed by atoms with E-state index in [0.29, 0.717) is 0 Å². The van der Waals surface area contributed by atoms with Crippen LogP contribution < -0.4 is 0 Å². The lowest BCUT2D eigenvalue weighted by molar-refractivity contribution is 0.632. The summed E-state index contributed by atoms with van der Waals surface area (Å²) < 4.78 is 6.47. The molecule has 0 amide bonds. The van der Waals surface area contributed by atoms with Gasteiger partial charge in [-0.1, -0.05) is 20.8 Å². The van der Waals surface area contributed by atoms with Crippen LogP contribution in [-0.4, -0.2) is 4.66 Å². The van der Waals surface area contributed by atoms with Crippen LogP contribution in [0.5, 0.6) is 0 Å². The number of rotatable bonds is 0. The Balaban J connectivity index is 0. The maximum atomic E-state index is 6.47. The third-order valence-electron chi connectivity index (χ3n) is 0. The Morgan fingerprint density at radius 2 is 1.17 bits per heavy atom. The van der Waals surface area contributed by atoms with Gasteiger partial charge >= 0.3 is 0 Å². The highest BCUT2D eigenvalue weighted by atomic mass is 35.5. The van der Waals surface area contributed by atoms with Crippen molar-refractivity contribution in [2.24, 2.45) is 5.92 Å². The van der Waals surface area contributed by atoms with Gasteiger partial charge in [-0.3, -0.25) is 4.66 Å². The lowest BCUT2D eigenvalue weighted by Crippen LogP contribution is -1.66. The number of halogens is 1. The monoisotopic (exact) mass is 110 g/mol. The first-order chi connectivity index (χ1) is 2.73. The summed E-state index contributed by atoms with van der Waals surface area (Å²) in [6.45, 7) is 6.50. The predicted molar refractivity (Wildman–Crippen MR) is 28.6 cm³/mol. The Hall–Kier alpha value is 0.250. The van der Waals surface area contributed by atoms with Gasteiger partial charge in [-0.2, -0.15) is 0 Å². The van der Waals surface area contributed by atoms with Crippen molar-refractivity contribution < 1.29 is 4.66 Å². The van der Waals surface area contributed by atoms with Gasteiger partial charge in [0.1, 0.15) is 0 Å². The van der Waals surface area contributed by atoms with Crippen molar-refractivity contribution in [3.05, 3.63) is 0 Å². The van der Waals surface area contributed by atoms with Crippen LogP contribution in [0.4, 0.5) is 0 Å². The molecule has 1 N–H and O–H groups in total. The van der Waals surface area contributed by atoms with Gasteiger partial charge < -0.3 is 0 Å². The molecule has 0 aliphatic heterocycles. The molecule has 6 heavy (non-hydrogen) atoms. The van der Waals surface area contributed by atoms with E-state index >= 15 is 0 Å². The topological polar surface area (TPSA) is 20.2 Å². The molecule has 0 spiro atoms. The Labute approximate surface area is 44.1 Å². The minimum atomic E-state index is 0.833. The number of hydrogen-bond donors (Lipinski definition) is 1. The molecule has 0 atom stereocenters. The van der Waals surface area contributed by atoms with Gasteiger partial charge in [0, 0.05) is 0 Å². The molecule has 0 aromatic rings. The van der Waals surface area contributed by atoms with Gasteiger partial charge in [0.15, 0.2) is 0 Å². The Bertz CT molecular complexity index is 12.3. The highest BCUT2D eigenvalue weighted by Gasteiger charge is 1.68. The maximum Gasteiger partial charge on any atom is 0.0579 e. The number of hydrogen-bond acceptors (Lipinski definition) is 1. The van der Waals surface area contributed by atoms with E-state index in [4.69, 9.17) is 4.66 Å². The van der Waals surface area contributed by atoms with Crippen LogP contribution in [0.3, 0.4) is 0 Å². The van der Waals surface area contributed by atoms with E-state index in [2.05, 4.69) is 32.6 Å². The van der Waals surface area contributed by atoms with Crippen LogP contribution in [0.25, 0.3) is 0 Å². The van der Waals surface area contributed by atoms with Crippen molar-refractivity contribution in [2.75, 3.05) is 0 Å². The zero-order chi connectivity index (χ0) is 5.58. The van der Waals surface area contributed by atoms with E-state index in [1.54, 1.807) is 0 Å². The molecule has 0 saturated heterocycles. The molecule has 0 bridgehead atoms. The Kier molecular flexibility index (Phi) is 14.3. The lowest BCUT2D eigenvalue weighted by Gasteiger charge is -1.79. The zero-order valence-corrected chi connectivity index (χ0v) is 5.16. The second-order valence-electron chi connectivity index (χ2n) is 1.73. The van der Waals surface area contributed by atoms with Crippen molar-refractivity contribution in [3.63, 3.8) is 0 Å². The van der Waals surface area contributed by atoms with Gasteiger partial charge in [0.25, 0.3) is 0 Å². The van der Waals surface area contributed by atoms with E-state index in [1.807, 2.05) is 0 Å². The third kappa shape index (κ3) is 718. The Morgan fingerprint density at radius 1 is 1.17 bits per heavy atom. The molecule has 0 radical (unpaired) electrons. The molecule has 0 aliphatic carbocycles. The van der Waals surface area contributed by atoms with Crippen molar-refractivity contribution in [1.29, 1.82) is 0 Å². The molecular weight excluding hydrogens is 99.5 g/mol. The molecule has 2 heteroatoms. The molecule has 1 nitrogen and oxygen atoms in total. The van der Waals surface area contributed by atoms with Crippen LogP contribution in [0.2, 0.25) is 0 Å². The van der Waals surface area contributed by atoms with Crippen LogP contribution in [0, 0.1) is 5.92 Å². The largest absolute Gasteiger partial charge is 0.295 e. The van der Waals surface area contributed by atoms with Crippen molar-refractivity contribution in [2.45, 2.75) is 20.8 Å². The van der Waals surface area contributed by atoms with Crippen LogP contribution in [0.15, 0.2) is 0 Å². The average Bonchev–Trinajstić information content (AvgIpc) is 1.41. The highest BCUT2D eigenvalue weighted by molar-refractivity contribution is 6.04. The Morgan fingerprint density at radius 3 is 1.17 bits per heavy atom. The SMILES string of the molecule is CC(C)C.OCl. The van der Waals surface area contributed by atoms with Crippen molar-refractivity contribution >= 4 is 11.9 Å². The zero-order valence-electron chi connectivity index (χ0n) is 4.40. The highest BCUT2D eigenvalue weighted by Crippen LogP contribution is 1.81. The lowest BCUT2D eigenvalue weighted by atomic mass is 10.3. The summed E-state index contributed by atoms with van der Waals surface area (Å²) in [6.07, 6.45) is 0. The first-order valence-corrected chi connectivity index (χ1v) is 2.24. The standard InChI is InChI=1S/C4H10.ClHO/c1-4(2)3;1-2/h4H,1-3H3;2H. The minimum absolute atomic E-state index is 0.833. The van der Waals surface area contributed by atoms with E-state index in [1.165, 1.54) is 0 Å². The van der Waals surface area contributed by atoms with E-state index in [-0.39, 0.29) is 0 Å². The van der Waals surface area contributed by atoms with E-state index in [0.717, 1.165) is 5.92 Å². The predicted octanol–water partition coefficient (Wildman–Crippen LogP) is 1.79. The van der Waals surface area contributed by atoms with Crippen LogP contribution >= 0.6 is 11.9 Å². The molecule has 0 rings (SSSR count). The molecule has 0 saturated carbocycles. The molecule has 0 aromatic heterocycles. The van der Waals surface area contributed by atoms with Gasteiger partial charge in [-0.15, -0.1) is 0 Å². The second-order valence-corrected chi connectivity index (χ2v) is 1.73. The molecular formula is C4H11ClO. The smallest absolute Gasteiger partial charge is 0.0579 e. The minimum Gasteiger partial charge on any atom is -0.295 e. The van der Waals surface area contributed by atoms with Crippen molar-refractivity contribution in [1.82, 2.24) is 0 Å². The van der Waals surface area contributed by atoms with Crippen LogP contribution in [-0.2, 0) is 0 Å². The summed E-state index contributed by atoms with van der Waals surface area (Å²) in [5.74, 6) is 0.833. The molecule has 0 unspecified atom stereocenters. The quantitative estimate of drug-likeness (QED) is 0.504. The third-order valence-corrected chi connectivity index (χ3v) is 0. The summed E-state index contributed by atoms with van der Waals surface area (Å²) in [4.78, 5) is 0. The molecule has 0 aromatic carbocycles. The first kappa shape index (κ1) is 9.54. The average molecular weight is 111 g/mol. The van der Waals surface area contributed by atoms with Gasteiger partial charge in [0.05, 0.1) is 11.9 Å². The fourth-order valence-electron chi connectivity index (χ4n) is 0. The van der Waals surface area contributed by atoms with E-state index in [9.17, 15) is 0 Å². The fourth-order valence-corrected chi connectivity index (χ4v) is 0. The summed E-state index contributed by atoms with van der Waals surface area (Å²) >= 11 is 3.64. The molecule has 0 aliphatic rings. The van der Waals surface area contributed by atoms with Crippen molar-refractivity contribution in [3.8, 4) is 0 Å². The maximum absolute atomic E-state index is 6.47. The summed E-state index contributed by atoms with van der Waals surface area (Å²) in [6, 6.07) is 0. The summed E-state index contributed by atoms with van der Waals surface area (Å²) in [5, 5.41) is 0. The first-order valence-electron chi connectivity index (χ1n) is 1.90. The van der Waals surface area contributed by atoms with Gasteiger partial charge in [-0.25, -0.2) is 0 Å². The normalized spacial score (nSPS) is 7.00. The molecule has 0 heterocycles. The molecule has 40 valence electrons. The summed E-state index contributed by atoms with van der Waals surface area (Å²) in [5.41, 5.74) is 0. The van der Waals surface area contributed by atoms with Gasteiger partial charge in [0.2, 0.25) is 0 Å². The van der Waals surface area contributed by atoms with Gasteiger partial charge in [-0.05, 0) is 5.92 Å². The second kappa shape index (κ2) is 8.98. The summed E-state index contributed by atoms with van der Waals surface area (Å²) in [7, 11) is 0.